The number of carbonyl (C=O) groups excluding carboxylic acids is 1. The Morgan fingerprint density at radius 1 is 1.42 bits per heavy atom. The van der Waals surface area contributed by atoms with Crippen molar-refractivity contribution in [3.05, 3.63) is 41.0 Å². The smallest absolute Gasteiger partial charge is 0.196 e. The summed E-state index contributed by atoms with van der Waals surface area (Å²) >= 11 is 0. The number of likely N-dealkylation sites (tertiary alicyclic amines) is 1. The molecule has 5 nitrogen and oxygen atoms in total. The van der Waals surface area contributed by atoms with Crippen molar-refractivity contribution in [3.8, 4) is 5.75 Å². The first-order valence-corrected chi connectivity index (χ1v) is 8.11. The van der Waals surface area contributed by atoms with Crippen LogP contribution in [0.5, 0.6) is 5.75 Å². The minimum absolute atomic E-state index is 0. The molecule has 2 aliphatic carbocycles. The summed E-state index contributed by atoms with van der Waals surface area (Å²) in [6, 6.07) is 3.83. The molecular weight excluding hydrogens is 306 g/mol. The van der Waals surface area contributed by atoms with Crippen LogP contribution in [0.3, 0.4) is 0 Å². The second-order valence-corrected chi connectivity index (χ2v) is 7.23. The summed E-state index contributed by atoms with van der Waals surface area (Å²) in [4.78, 5) is 14.7. The number of aliphatic hydroxyl groups is 2. The Bertz CT molecular complexity index is 773. The molecule has 5 rings (SSSR count). The van der Waals surface area contributed by atoms with Crippen LogP contribution in [0.4, 0.5) is 0 Å². The predicted molar refractivity (Wildman–Crippen MR) is 89.0 cm³/mol. The van der Waals surface area contributed by atoms with Gasteiger partial charge in [0.05, 0.1) is 12.0 Å². The molecule has 1 fully saturated rings. The van der Waals surface area contributed by atoms with Gasteiger partial charge in [-0.3, -0.25) is 9.69 Å². The molecule has 24 heavy (non-hydrogen) atoms. The minimum Gasteiger partial charge on any atom is -0.481 e. The molecule has 4 atom stereocenters. The van der Waals surface area contributed by atoms with Crippen LogP contribution < -0.4 is 4.74 Å². The van der Waals surface area contributed by atoms with Gasteiger partial charge in [-0.05, 0) is 44.1 Å². The van der Waals surface area contributed by atoms with Crippen LogP contribution in [0.2, 0.25) is 0 Å². The van der Waals surface area contributed by atoms with Crippen molar-refractivity contribution in [3.63, 3.8) is 0 Å². The summed E-state index contributed by atoms with van der Waals surface area (Å²) in [5, 5.41) is 21.3. The fraction of sp³-hybridized carbons (Fsp3) is 0.526. The van der Waals surface area contributed by atoms with Gasteiger partial charge in [-0.15, -0.1) is 0 Å². The molecule has 1 aromatic carbocycles. The predicted octanol–water partition coefficient (Wildman–Crippen LogP) is 0.944. The largest absolute Gasteiger partial charge is 0.481 e. The number of piperidine rings is 1. The Labute approximate surface area is 141 Å². The Balaban J connectivity index is 0.00000146. The van der Waals surface area contributed by atoms with E-state index >= 15 is 0 Å². The van der Waals surface area contributed by atoms with Gasteiger partial charge in [0.2, 0.25) is 0 Å². The number of ketones is 1. The number of rotatable bonds is 1. The summed E-state index contributed by atoms with van der Waals surface area (Å²) in [6.45, 7) is 0.685. The molecular formula is C19H23NO4. The highest BCUT2D eigenvalue weighted by Gasteiger charge is 2.71. The number of benzene rings is 1. The molecule has 0 aromatic heterocycles. The number of hydrogen-bond acceptors (Lipinski definition) is 5. The van der Waals surface area contributed by atoms with Gasteiger partial charge < -0.3 is 14.9 Å². The van der Waals surface area contributed by atoms with Crippen molar-refractivity contribution in [2.24, 2.45) is 0 Å². The van der Waals surface area contributed by atoms with Gasteiger partial charge in [0.1, 0.15) is 11.4 Å². The van der Waals surface area contributed by atoms with Crippen LogP contribution >= 0.6 is 0 Å². The van der Waals surface area contributed by atoms with E-state index in [0.717, 1.165) is 24.1 Å². The molecule has 2 aliphatic heterocycles. The van der Waals surface area contributed by atoms with E-state index in [4.69, 9.17) is 4.74 Å². The normalized spacial score (nSPS) is 38.4. The van der Waals surface area contributed by atoms with Crippen LogP contribution in [0.15, 0.2) is 24.3 Å². The first-order chi connectivity index (χ1) is 11.0. The summed E-state index contributed by atoms with van der Waals surface area (Å²) in [6.07, 6.45) is 3.88. The lowest BCUT2D eigenvalue weighted by atomic mass is 9.51. The van der Waals surface area contributed by atoms with Crippen molar-refractivity contribution < 1.29 is 19.7 Å². The second-order valence-electron chi connectivity index (χ2n) is 7.23. The van der Waals surface area contributed by atoms with Crippen LogP contribution in [-0.4, -0.2) is 52.2 Å². The van der Waals surface area contributed by atoms with E-state index in [1.807, 2.05) is 19.2 Å². The molecule has 128 valence electrons. The zero-order chi connectivity index (χ0) is 16.0. The highest BCUT2D eigenvalue weighted by atomic mass is 16.5. The SMILES string of the molecule is C.CN1CC[C@]23c4c5ccc(CO)c4O[C@H]2C(=O)C=C[C@@]3(O)[C@H]1C5. The van der Waals surface area contributed by atoms with Crippen LogP contribution in [0, 0.1) is 0 Å². The van der Waals surface area contributed by atoms with Gasteiger partial charge in [0.25, 0.3) is 0 Å². The van der Waals surface area contributed by atoms with Gasteiger partial charge in [-0.1, -0.05) is 19.6 Å². The standard InChI is InChI=1S/C18H19NO4.CH4/c1-19-7-6-17-14-10-2-3-11(9-20)15(14)23-16(17)12(21)4-5-18(17,22)13(19)8-10;/h2-5,13,16,20,22H,6-9H2,1H3;1H4/t13-,16+,17+,18-;/m1./s1. The highest BCUT2D eigenvalue weighted by Crippen LogP contribution is 2.62. The van der Waals surface area contributed by atoms with E-state index in [2.05, 4.69) is 4.90 Å². The lowest BCUT2D eigenvalue weighted by Crippen LogP contribution is -2.74. The minimum atomic E-state index is -1.11. The zero-order valence-electron chi connectivity index (χ0n) is 13.0. The van der Waals surface area contributed by atoms with E-state index in [9.17, 15) is 15.0 Å². The van der Waals surface area contributed by atoms with Gasteiger partial charge >= 0.3 is 0 Å². The van der Waals surface area contributed by atoms with Crippen LogP contribution in [-0.2, 0) is 23.2 Å². The molecule has 2 heterocycles. The van der Waals surface area contributed by atoms with E-state index < -0.39 is 17.1 Å². The van der Waals surface area contributed by atoms with E-state index in [0.29, 0.717) is 17.7 Å². The molecule has 1 spiro atoms. The Morgan fingerprint density at radius 3 is 2.96 bits per heavy atom. The van der Waals surface area contributed by atoms with Crippen molar-refractivity contribution in [1.82, 2.24) is 4.90 Å². The number of aliphatic hydroxyl groups excluding tert-OH is 1. The quantitative estimate of drug-likeness (QED) is 0.803. The molecule has 0 saturated carbocycles. The van der Waals surface area contributed by atoms with E-state index in [1.165, 1.54) is 6.08 Å². The Kier molecular flexibility index (Phi) is 3.09. The number of nitrogens with zero attached hydrogens (tertiary/aromatic N) is 1. The van der Waals surface area contributed by atoms with Crippen molar-refractivity contribution in [1.29, 1.82) is 0 Å². The molecule has 4 aliphatic rings. The van der Waals surface area contributed by atoms with Gasteiger partial charge in [-0.2, -0.15) is 0 Å². The van der Waals surface area contributed by atoms with Crippen molar-refractivity contribution in [2.45, 2.75) is 50.0 Å². The Hall–Kier alpha value is -1.69. The molecule has 0 radical (unpaired) electrons. The lowest BCUT2D eigenvalue weighted by molar-refractivity contribution is -0.151. The topological polar surface area (TPSA) is 70.0 Å². The number of ether oxygens (including phenoxy) is 1. The average molecular weight is 329 g/mol. The summed E-state index contributed by atoms with van der Waals surface area (Å²) < 4.78 is 6.07. The summed E-state index contributed by atoms with van der Waals surface area (Å²) in [5.74, 6) is 0.527. The van der Waals surface area contributed by atoms with Gasteiger partial charge in [0.15, 0.2) is 11.9 Å². The van der Waals surface area contributed by atoms with Crippen LogP contribution in [0.1, 0.15) is 30.5 Å². The monoisotopic (exact) mass is 329 g/mol. The highest BCUT2D eigenvalue weighted by molar-refractivity contribution is 5.98. The zero-order valence-corrected chi connectivity index (χ0v) is 13.0. The van der Waals surface area contributed by atoms with E-state index in [-0.39, 0.29) is 25.9 Å². The lowest BCUT2D eigenvalue weighted by Gasteiger charge is -2.60. The maximum absolute atomic E-state index is 12.5. The number of likely N-dealkylation sites (N-methyl/N-ethyl adjacent to an activating group) is 1. The third-order valence-electron chi connectivity index (χ3n) is 6.41. The van der Waals surface area contributed by atoms with Gasteiger partial charge in [0, 0.05) is 17.2 Å². The molecule has 2 N–H and O–H groups in total. The Morgan fingerprint density at radius 2 is 2.21 bits per heavy atom. The summed E-state index contributed by atoms with van der Waals surface area (Å²) in [7, 11) is 2.03. The van der Waals surface area contributed by atoms with E-state index in [1.54, 1.807) is 6.08 Å². The average Bonchev–Trinajstić information content (AvgIpc) is 2.90. The van der Waals surface area contributed by atoms with Crippen molar-refractivity contribution >= 4 is 5.78 Å². The second kappa shape index (κ2) is 4.69. The fourth-order valence-corrected chi connectivity index (χ4v) is 5.32. The van der Waals surface area contributed by atoms with Gasteiger partial charge in [-0.25, -0.2) is 0 Å². The van der Waals surface area contributed by atoms with Crippen molar-refractivity contribution in [2.75, 3.05) is 13.6 Å². The molecule has 1 aromatic rings. The molecule has 5 heteroatoms. The third-order valence-corrected chi connectivity index (χ3v) is 6.41. The third kappa shape index (κ3) is 1.45. The first kappa shape index (κ1) is 15.8. The number of carbonyl (C=O) groups is 1. The molecule has 2 bridgehead atoms. The number of hydrogen-bond donors (Lipinski definition) is 2. The molecule has 0 amide bonds. The first-order valence-electron chi connectivity index (χ1n) is 8.11. The molecule has 0 unspecified atom stereocenters. The summed E-state index contributed by atoms with van der Waals surface area (Å²) in [5.41, 5.74) is 0.956. The fourth-order valence-electron chi connectivity index (χ4n) is 5.32. The maximum atomic E-state index is 12.5. The van der Waals surface area contributed by atoms with Crippen LogP contribution in [0.25, 0.3) is 0 Å². The molecule has 1 saturated heterocycles. The maximum Gasteiger partial charge on any atom is 0.196 e.